The number of carbonyl (C=O) groups is 1. The van der Waals surface area contributed by atoms with Gasteiger partial charge in [0, 0.05) is 30.9 Å². The van der Waals surface area contributed by atoms with Crippen molar-refractivity contribution in [2.45, 2.75) is 0 Å². The molecule has 8 heteroatoms. The molecule has 0 N–H and O–H groups in total. The standard InChI is InChI=1S/C14H10F2N4OS/c1-19-4-5-22-14(19)18-13(21)9-7-17-20(8-9)12-3-2-10(15)6-11(12)16/h2-8H,1H3. The van der Waals surface area contributed by atoms with Crippen LogP contribution in [0.1, 0.15) is 10.4 Å². The third-order valence-electron chi connectivity index (χ3n) is 2.94. The highest BCUT2D eigenvalue weighted by molar-refractivity contribution is 7.07. The summed E-state index contributed by atoms with van der Waals surface area (Å²) in [5.41, 5.74) is 0.277. The summed E-state index contributed by atoms with van der Waals surface area (Å²) in [5.74, 6) is -1.92. The van der Waals surface area contributed by atoms with E-state index in [9.17, 15) is 13.6 Å². The third kappa shape index (κ3) is 2.73. The number of aromatic nitrogens is 3. The Morgan fingerprint density at radius 3 is 2.86 bits per heavy atom. The third-order valence-corrected chi connectivity index (χ3v) is 3.79. The molecule has 3 aromatic rings. The molecule has 1 aromatic carbocycles. The molecule has 22 heavy (non-hydrogen) atoms. The van der Waals surface area contributed by atoms with E-state index in [4.69, 9.17) is 0 Å². The Kier molecular flexibility index (Phi) is 3.68. The van der Waals surface area contributed by atoms with Crippen molar-refractivity contribution in [2.75, 3.05) is 0 Å². The van der Waals surface area contributed by atoms with Gasteiger partial charge in [0.1, 0.15) is 11.5 Å². The van der Waals surface area contributed by atoms with Crippen molar-refractivity contribution in [3.05, 3.63) is 64.2 Å². The Hall–Kier alpha value is -2.61. The van der Waals surface area contributed by atoms with E-state index in [0.29, 0.717) is 4.80 Å². The van der Waals surface area contributed by atoms with Crippen LogP contribution in [0.2, 0.25) is 0 Å². The zero-order valence-electron chi connectivity index (χ0n) is 11.4. The van der Waals surface area contributed by atoms with Crippen LogP contribution in [0.4, 0.5) is 8.78 Å². The molecular weight excluding hydrogens is 310 g/mol. The maximum atomic E-state index is 13.7. The van der Waals surface area contributed by atoms with Crippen LogP contribution in [0.25, 0.3) is 5.69 Å². The average Bonchev–Trinajstić information content (AvgIpc) is 3.09. The molecule has 2 heterocycles. The molecule has 2 aromatic heterocycles. The number of benzene rings is 1. The molecule has 0 bridgehead atoms. The van der Waals surface area contributed by atoms with E-state index in [1.54, 1.807) is 17.8 Å². The number of hydrogen-bond acceptors (Lipinski definition) is 3. The molecule has 0 aliphatic heterocycles. The van der Waals surface area contributed by atoms with Crippen LogP contribution < -0.4 is 4.80 Å². The summed E-state index contributed by atoms with van der Waals surface area (Å²) in [7, 11) is 1.78. The van der Waals surface area contributed by atoms with Crippen molar-refractivity contribution < 1.29 is 13.6 Å². The summed E-state index contributed by atoms with van der Waals surface area (Å²) in [6.07, 6.45) is 4.44. The number of amides is 1. The minimum absolute atomic E-state index is 0.0575. The van der Waals surface area contributed by atoms with Crippen LogP contribution in [0.5, 0.6) is 0 Å². The molecule has 5 nitrogen and oxygen atoms in total. The van der Waals surface area contributed by atoms with Crippen molar-refractivity contribution in [3.63, 3.8) is 0 Å². The van der Waals surface area contributed by atoms with Crippen molar-refractivity contribution in [2.24, 2.45) is 12.0 Å². The van der Waals surface area contributed by atoms with E-state index in [1.165, 1.54) is 34.5 Å². The topological polar surface area (TPSA) is 52.2 Å². The van der Waals surface area contributed by atoms with E-state index < -0.39 is 17.5 Å². The second-order valence-corrected chi connectivity index (χ2v) is 5.36. The van der Waals surface area contributed by atoms with Gasteiger partial charge in [-0.2, -0.15) is 10.1 Å². The maximum Gasteiger partial charge on any atom is 0.282 e. The first-order valence-corrected chi connectivity index (χ1v) is 7.12. The van der Waals surface area contributed by atoms with Gasteiger partial charge in [-0.1, -0.05) is 0 Å². The first-order chi connectivity index (χ1) is 10.5. The normalized spacial score (nSPS) is 11.9. The molecule has 0 radical (unpaired) electrons. The molecule has 0 spiro atoms. The van der Waals surface area contributed by atoms with Gasteiger partial charge in [0.25, 0.3) is 5.91 Å². The van der Waals surface area contributed by atoms with Crippen LogP contribution in [0.15, 0.2) is 47.2 Å². The summed E-state index contributed by atoms with van der Waals surface area (Å²) in [6, 6.07) is 3.13. The zero-order chi connectivity index (χ0) is 15.7. The molecule has 112 valence electrons. The highest BCUT2D eigenvalue weighted by Gasteiger charge is 2.11. The Bertz CT molecular complexity index is 909. The molecule has 0 aliphatic carbocycles. The number of aryl methyl sites for hydroxylation is 1. The Morgan fingerprint density at radius 2 is 2.18 bits per heavy atom. The molecule has 0 fully saturated rings. The molecule has 0 unspecified atom stereocenters. The predicted molar refractivity (Wildman–Crippen MR) is 76.7 cm³/mol. The van der Waals surface area contributed by atoms with Crippen LogP contribution in [-0.2, 0) is 7.05 Å². The number of carbonyl (C=O) groups excluding carboxylic acids is 1. The SMILES string of the molecule is Cn1ccsc1=NC(=O)c1cnn(-c2ccc(F)cc2F)c1. The lowest BCUT2D eigenvalue weighted by Crippen LogP contribution is -2.12. The number of hydrogen-bond donors (Lipinski definition) is 0. The molecule has 1 amide bonds. The van der Waals surface area contributed by atoms with E-state index >= 15 is 0 Å². The molecule has 0 atom stereocenters. The Balaban J connectivity index is 1.94. The lowest BCUT2D eigenvalue weighted by atomic mass is 10.3. The summed E-state index contributed by atoms with van der Waals surface area (Å²) in [5, 5.41) is 5.73. The zero-order valence-corrected chi connectivity index (χ0v) is 12.2. The van der Waals surface area contributed by atoms with Crippen molar-refractivity contribution >= 4 is 17.2 Å². The van der Waals surface area contributed by atoms with E-state index in [1.807, 2.05) is 5.38 Å². The van der Waals surface area contributed by atoms with E-state index in [2.05, 4.69) is 10.1 Å². The van der Waals surface area contributed by atoms with Crippen LogP contribution in [0.3, 0.4) is 0 Å². The predicted octanol–water partition coefficient (Wildman–Crippen LogP) is 2.29. The maximum absolute atomic E-state index is 13.7. The molecule has 3 rings (SSSR count). The fourth-order valence-corrected chi connectivity index (χ4v) is 2.55. The van der Waals surface area contributed by atoms with Crippen LogP contribution in [-0.4, -0.2) is 20.3 Å². The van der Waals surface area contributed by atoms with Gasteiger partial charge < -0.3 is 4.57 Å². The largest absolute Gasteiger partial charge is 0.327 e. The second-order valence-electron chi connectivity index (χ2n) is 4.48. The number of halogens is 2. The molecule has 0 aliphatic rings. The van der Waals surface area contributed by atoms with E-state index in [-0.39, 0.29) is 11.3 Å². The van der Waals surface area contributed by atoms with Crippen molar-refractivity contribution in [1.29, 1.82) is 0 Å². The van der Waals surface area contributed by atoms with Gasteiger partial charge in [0.2, 0.25) is 0 Å². The number of rotatable bonds is 2. The second kappa shape index (κ2) is 5.64. The Labute approximate surface area is 127 Å². The summed E-state index contributed by atoms with van der Waals surface area (Å²) < 4.78 is 29.5. The highest BCUT2D eigenvalue weighted by atomic mass is 32.1. The highest BCUT2D eigenvalue weighted by Crippen LogP contribution is 2.14. The van der Waals surface area contributed by atoms with Crippen molar-refractivity contribution in [1.82, 2.24) is 14.3 Å². The minimum Gasteiger partial charge on any atom is -0.327 e. The van der Waals surface area contributed by atoms with Gasteiger partial charge in [-0.05, 0) is 12.1 Å². The van der Waals surface area contributed by atoms with Gasteiger partial charge in [0.15, 0.2) is 10.6 Å². The van der Waals surface area contributed by atoms with Gasteiger partial charge in [-0.15, -0.1) is 11.3 Å². The molecule has 0 saturated carbocycles. The lowest BCUT2D eigenvalue weighted by Gasteiger charge is -2.02. The van der Waals surface area contributed by atoms with Gasteiger partial charge in [-0.3, -0.25) is 4.79 Å². The summed E-state index contributed by atoms with van der Waals surface area (Å²) in [6.45, 7) is 0. The molecule has 0 saturated heterocycles. The van der Waals surface area contributed by atoms with Gasteiger partial charge in [-0.25, -0.2) is 13.5 Å². The monoisotopic (exact) mass is 320 g/mol. The smallest absolute Gasteiger partial charge is 0.282 e. The van der Waals surface area contributed by atoms with Gasteiger partial charge in [0.05, 0.1) is 11.8 Å². The first-order valence-electron chi connectivity index (χ1n) is 6.24. The summed E-state index contributed by atoms with van der Waals surface area (Å²) >= 11 is 1.33. The van der Waals surface area contributed by atoms with Crippen molar-refractivity contribution in [3.8, 4) is 5.69 Å². The fourth-order valence-electron chi connectivity index (χ4n) is 1.82. The van der Waals surface area contributed by atoms with Crippen LogP contribution in [0, 0.1) is 11.6 Å². The minimum atomic E-state index is -0.760. The van der Waals surface area contributed by atoms with E-state index in [0.717, 1.165) is 12.1 Å². The first kappa shape index (κ1) is 14.3. The lowest BCUT2D eigenvalue weighted by molar-refractivity contribution is 0.0998. The number of nitrogens with zero attached hydrogens (tertiary/aromatic N) is 4. The van der Waals surface area contributed by atoms with Crippen LogP contribution >= 0.6 is 11.3 Å². The summed E-state index contributed by atoms with van der Waals surface area (Å²) in [4.78, 5) is 16.6. The molecular formula is C14H10F2N4OS. The quantitative estimate of drug-likeness (QED) is 0.727. The fraction of sp³-hybridized carbons (Fsp3) is 0.0714. The number of thiazole rings is 1. The average molecular weight is 320 g/mol. The van der Waals surface area contributed by atoms with Gasteiger partial charge >= 0.3 is 0 Å². The Morgan fingerprint density at radius 1 is 1.36 bits per heavy atom.